The van der Waals surface area contributed by atoms with E-state index in [9.17, 15) is 0 Å². The van der Waals surface area contributed by atoms with E-state index in [0.29, 0.717) is 11.6 Å². The third kappa shape index (κ3) is 4.17. The van der Waals surface area contributed by atoms with Crippen molar-refractivity contribution in [2.24, 2.45) is 0 Å². The van der Waals surface area contributed by atoms with Crippen molar-refractivity contribution in [3.05, 3.63) is 60.4 Å². The molecule has 0 unspecified atom stereocenters. The number of hydrogen-bond donors (Lipinski definition) is 2. The zero-order valence-electron chi connectivity index (χ0n) is 14.4. The van der Waals surface area contributed by atoms with Crippen LogP contribution in [0.3, 0.4) is 0 Å². The molecule has 0 aliphatic carbocycles. The van der Waals surface area contributed by atoms with Gasteiger partial charge in [0.1, 0.15) is 29.5 Å². The van der Waals surface area contributed by atoms with Crippen LogP contribution in [0.15, 0.2) is 54.9 Å². The van der Waals surface area contributed by atoms with Crippen molar-refractivity contribution in [1.82, 2.24) is 9.97 Å². The second-order valence-corrected chi connectivity index (χ2v) is 5.47. The van der Waals surface area contributed by atoms with E-state index >= 15 is 0 Å². The maximum atomic E-state index is 5.39. The predicted molar refractivity (Wildman–Crippen MR) is 99.3 cm³/mol. The molecule has 3 aromatic rings. The molecule has 0 amide bonds. The van der Waals surface area contributed by atoms with E-state index in [-0.39, 0.29) is 0 Å². The lowest BCUT2D eigenvalue weighted by Gasteiger charge is -2.12. The highest BCUT2D eigenvalue weighted by molar-refractivity contribution is 5.67. The number of aryl methyl sites for hydroxylation is 1. The van der Waals surface area contributed by atoms with Gasteiger partial charge in [-0.25, -0.2) is 9.97 Å². The first-order valence-corrected chi connectivity index (χ1v) is 7.83. The van der Waals surface area contributed by atoms with Crippen LogP contribution in [-0.2, 0) is 0 Å². The number of aromatic nitrogens is 2. The van der Waals surface area contributed by atoms with Gasteiger partial charge in [-0.05, 0) is 48.9 Å². The Kier molecular flexibility index (Phi) is 4.99. The van der Waals surface area contributed by atoms with Crippen molar-refractivity contribution in [2.75, 3.05) is 24.9 Å². The lowest BCUT2D eigenvalue weighted by atomic mass is 10.2. The Bertz CT molecular complexity index is 850. The van der Waals surface area contributed by atoms with Crippen LogP contribution in [0.2, 0.25) is 0 Å². The standard InChI is InChI=1S/C19H20N4O2/c1-13-4-9-17(25-3)16(10-13)23-19-11-18(20-12-21-19)22-14-5-7-15(24-2)8-6-14/h4-12H,1-3H3,(H2,20,21,22,23). The first kappa shape index (κ1) is 16.6. The molecule has 1 aromatic heterocycles. The summed E-state index contributed by atoms with van der Waals surface area (Å²) in [4.78, 5) is 8.53. The molecule has 3 rings (SSSR count). The fourth-order valence-corrected chi connectivity index (χ4v) is 2.37. The molecule has 0 aliphatic rings. The van der Waals surface area contributed by atoms with E-state index in [1.807, 2.05) is 55.5 Å². The Balaban J connectivity index is 1.78. The van der Waals surface area contributed by atoms with Crippen LogP contribution in [0.5, 0.6) is 11.5 Å². The number of anilines is 4. The Morgan fingerprint density at radius 2 is 1.52 bits per heavy atom. The Hall–Kier alpha value is -3.28. The van der Waals surface area contributed by atoms with E-state index in [2.05, 4.69) is 20.6 Å². The van der Waals surface area contributed by atoms with Crippen molar-refractivity contribution in [1.29, 1.82) is 0 Å². The zero-order chi connectivity index (χ0) is 17.6. The van der Waals surface area contributed by atoms with Crippen molar-refractivity contribution < 1.29 is 9.47 Å². The molecule has 6 heteroatoms. The van der Waals surface area contributed by atoms with Gasteiger partial charge in [-0.2, -0.15) is 0 Å². The molecule has 6 nitrogen and oxygen atoms in total. The fraction of sp³-hybridized carbons (Fsp3) is 0.158. The first-order chi connectivity index (χ1) is 12.2. The van der Waals surface area contributed by atoms with Crippen LogP contribution in [-0.4, -0.2) is 24.2 Å². The molecule has 2 aromatic carbocycles. The summed E-state index contributed by atoms with van der Waals surface area (Å²) in [6.45, 7) is 2.03. The molecule has 0 bridgehead atoms. The molecule has 25 heavy (non-hydrogen) atoms. The first-order valence-electron chi connectivity index (χ1n) is 7.83. The SMILES string of the molecule is COc1ccc(Nc2cc(Nc3cc(C)ccc3OC)ncn2)cc1. The minimum absolute atomic E-state index is 0.676. The number of methoxy groups -OCH3 is 2. The van der Waals surface area contributed by atoms with Crippen LogP contribution in [0, 0.1) is 6.92 Å². The summed E-state index contributed by atoms with van der Waals surface area (Å²) in [6, 6.07) is 15.4. The molecule has 2 N–H and O–H groups in total. The summed E-state index contributed by atoms with van der Waals surface area (Å²) in [5.74, 6) is 2.93. The highest BCUT2D eigenvalue weighted by Crippen LogP contribution is 2.28. The molecular weight excluding hydrogens is 316 g/mol. The van der Waals surface area contributed by atoms with Gasteiger partial charge in [0, 0.05) is 11.8 Å². The summed E-state index contributed by atoms with van der Waals surface area (Å²) in [5.41, 5.74) is 2.91. The van der Waals surface area contributed by atoms with Crippen molar-refractivity contribution in [2.45, 2.75) is 6.92 Å². The molecule has 1 heterocycles. The average Bonchev–Trinajstić information content (AvgIpc) is 2.63. The third-order valence-electron chi connectivity index (χ3n) is 3.65. The molecule has 0 saturated carbocycles. The molecule has 128 valence electrons. The van der Waals surface area contributed by atoms with Gasteiger partial charge in [0.15, 0.2) is 0 Å². The number of ether oxygens (including phenoxy) is 2. The highest BCUT2D eigenvalue weighted by atomic mass is 16.5. The Morgan fingerprint density at radius 3 is 2.20 bits per heavy atom. The van der Waals surface area contributed by atoms with Gasteiger partial charge >= 0.3 is 0 Å². The number of rotatable bonds is 6. The van der Waals surface area contributed by atoms with E-state index in [4.69, 9.17) is 9.47 Å². The summed E-state index contributed by atoms with van der Waals surface area (Å²) < 4.78 is 10.5. The van der Waals surface area contributed by atoms with Gasteiger partial charge in [0.2, 0.25) is 0 Å². The molecule has 0 atom stereocenters. The normalized spacial score (nSPS) is 10.2. The summed E-state index contributed by atoms with van der Waals surface area (Å²) in [7, 11) is 3.29. The van der Waals surface area contributed by atoms with E-state index < -0.39 is 0 Å². The van der Waals surface area contributed by atoms with Gasteiger partial charge in [-0.1, -0.05) is 6.07 Å². The average molecular weight is 336 g/mol. The van der Waals surface area contributed by atoms with Crippen LogP contribution in [0.25, 0.3) is 0 Å². The van der Waals surface area contributed by atoms with Gasteiger partial charge in [-0.3, -0.25) is 0 Å². The molecule has 0 spiro atoms. The second kappa shape index (κ2) is 7.53. The van der Waals surface area contributed by atoms with Gasteiger partial charge in [0.25, 0.3) is 0 Å². The monoisotopic (exact) mass is 336 g/mol. The third-order valence-corrected chi connectivity index (χ3v) is 3.65. The van der Waals surface area contributed by atoms with Crippen LogP contribution >= 0.6 is 0 Å². The molecular formula is C19H20N4O2. The molecule has 0 fully saturated rings. The highest BCUT2D eigenvalue weighted by Gasteiger charge is 2.06. The van der Waals surface area contributed by atoms with Crippen LogP contribution in [0.1, 0.15) is 5.56 Å². The number of hydrogen-bond acceptors (Lipinski definition) is 6. The van der Waals surface area contributed by atoms with Gasteiger partial charge in [-0.15, -0.1) is 0 Å². The summed E-state index contributed by atoms with van der Waals surface area (Å²) in [5, 5.41) is 6.52. The van der Waals surface area contributed by atoms with E-state index in [0.717, 1.165) is 28.4 Å². The fourth-order valence-electron chi connectivity index (χ4n) is 2.37. The lowest BCUT2D eigenvalue weighted by molar-refractivity contribution is 0.415. The number of benzene rings is 2. The minimum Gasteiger partial charge on any atom is -0.497 e. The minimum atomic E-state index is 0.676. The van der Waals surface area contributed by atoms with E-state index in [1.165, 1.54) is 6.33 Å². The quantitative estimate of drug-likeness (QED) is 0.700. The van der Waals surface area contributed by atoms with E-state index in [1.54, 1.807) is 14.2 Å². The molecule has 0 aliphatic heterocycles. The smallest absolute Gasteiger partial charge is 0.142 e. The number of nitrogens with one attached hydrogen (secondary N) is 2. The topological polar surface area (TPSA) is 68.3 Å². The van der Waals surface area contributed by atoms with Crippen molar-refractivity contribution in [3.63, 3.8) is 0 Å². The number of nitrogens with zero attached hydrogens (tertiary/aromatic N) is 2. The maximum Gasteiger partial charge on any atom is 0.142 e. The van der Waals surface area contributed by atoms with Crippen LogP contribution < -0.4 is 20.1 Å². The zero-order valence-corrected chi connectivity index (χ0v) is 14.4. The van der Waals surface area contributed by atoms with Gasteiger partial charge in [0.05, 0.1) is 19.9 Å². The molecule has 0 radical (unpaired) electrons. The molecule has 0 saturated heterocycles. The maximum absolute atomic E-state index is 5.39. The van der Waals surface area contributed by atoms with Gasteiger partial charge < -0.3 is 20.1 Å². The lowest BCUT2D eigenvalue weighted by Crippen LogP contribution is -2.00. The van der Waals surface area contributed by atoms with Crippen molar-refractivity contribution in [3.8, 4) is 11.5 Å². The summed E-state index contributed by atoms with van der Waals surface area (Å²) >= 11 is 0. The summed E-state index contributed by atoms with van der Waals surface area (Å²) in [6.07, 6.45) is 1.51. The van der Waals surface area contributed by atoms with Crippen molar-refractivity contribution >= 4 is 23.0 Å². The Morgan fingerprint density at radius 1 is 0.800 bits per heavy atom. The Labute approximate surface area is 146 Å². The largest absolute Gasteiger partial charge is 0.497 e. The predicted octanol–water partition coefficient (Wildman–Crippen LogP) is 4.29. The van der Waals surface area contributed by atoms with Crippen LogP contribution in [0.4, 0.5) is 23.0 Å². The second-order valence-electron chi connectivity index (χ2n) is 5.47.